The van der Waals surface area contributed by atoms with Crippen molar-refractivity contribution in [2.24, 2.45) is 0 Å². The molecule has 0 saturated heterocycles. The Morgan fingerprint density at radius 1 is 1.79 bits per heavy atom. The maximum Gasteiger partial charge on any atom is 0.252 e. The van der Waals surface area contributed by atoms with Gasteiger partial charge in [-0.25, -0.2) is 0 Å². The minimum Gasteiger partial charge on any atom is -0.394 e. The van der Waals surface area contributed by atoms with Crippen LogP contribution in [0.1, 0.15) is 23.7 Å². The molecule has 1 amide bonds. The third kappa shape index (κ3) is 3.21. The maximum atomic E-state index is 11.6. The quantitative estimate of drug-likeness (QED) is 0.830. The van der Waals surface area contributed by atoms with E-state index in [0.717, 1.165) is 9.30 Å². The van der Waals surface area contributed by atoms with Gasteiger partial charge in [0.2, 0.25) is 0 Å². The van der Waals surface area contributed by atoms with Gasteiger partial charge in [0.25, 0.3) is 5.91 Å². The van der Waals surface area contributed by atoms with Crippen LogP contribution < -0.4 is 5.32 Å². The molecular weight excluding hydrogens is 313 g/mol. The van der Waals surface area contributed by atoms with Crippen LogP contribution in [0.25, 0.3) is 0 Å². The van der Waals surface area contributed by atoms with E-state index < -0.39 is 0 Å². The van der Waals surface area contributed by atoms with E-state index in [0.29, 0.717) is 5.56 Å². The fourth-order valence-corrected chi connectivity index (χ4v) is 2.30. The summed E-state index contributed by atoms with van der Waals surface area (Å²) in [4.78, 5) is 11.6. The van der Waals surface area contributed by atoms with E-state index in [1.807, 2.05) is 18.4 Å². The number of halogens is 1. The fraction of sp³-hybridized carbons (Fsp3) is 0.444. The first-order valence-corrected chi connectivity index (χ1v) is 6.29. The van der Waals surface area contributed by atoms with E-state index in [-0.39, 0.29) is 18.6 Å². The molecule has 78 valence electrons. The first kappa shape index (κ1) is 11.9. The topological polar surface area (TPSA) is 49.3 Å². The van der Waals surface area contributed by atoms with Gasteiger partial charge in [-0.3, -0.25) is 4.79 Å². The van der Waals surface area contributed by atoms with Crippen molar-refractivity contribution in [3.8, 4) is 0 Å². The predicted octanol–water partition coefficient (Wildman–Crippen LogP) is 1.85. The summed E-state index contributed by atoms with van der Waals surface area (Å²) in [6.45, 7) is 1.92. The summed E-state index contributed by atoms with van der Waals surface area (Å²) >= 11 is 3.71. The lowest BCUT2D eigenvalue weighted by molar-refractivity contribution is 0.0915. The van der Waals surface area contributed by atoms with Crippen molar-refractivity contribution in [1.29, 1.82) is 0 Å². The molecule has 1 aromatic heterocycles. The smallest absolute Gasteiger partial charge is 0.252 e. The Balaban J connectivity index is 2.58. The highest BCUT2D eigenvalue weighted by Gasteiger charge is 2.12. The van der Waals surface area contributed by atoms with Gasteiger partial charge in [-0.05, 0) is 35.1 Å². The van der Waals surface area contributed by atoms with E-state index in [1.165, 1.54) is 11.3 Å². The molecule has 0 bridgehead atoms. The fourth-order valence-electron chi connectivity index (χ4n) is 0.975. The summed E-state index contributed by atoms with van der Waals surface area (Å²) in [5.74, 6) is -0.106. The molecule has 1 aromatic rings. The Bertz CT molecular complexity index is 310. The Morgan fingerprint density at radius 2 is 2.50 bits per heavy atom. The van der Waals surface area contributed by atoms with Crippen molar-refractivity contribution >= 4 is 39.8 Å². The second kappa shape index (κ2) is 5.67. The van der Waals surface area contributed by atoms with E-state index in [2.05, 4.69) is 27.9 Å². The van der Waals surface area contributed by atoms with Crippen LogP contribution in [0.15, 0.2) is 11.4 Å². The summed E-state index contributed by atoms with van der Waals surface area (Å²) < 4.78 is 1.09. The Morgan fingerprint density at radius 3 is 2.93 bits per heavy atom. The molecule has 1 heterocycles. The van der Waals surface area contributed by atoms with Crippen LogP contribution in [0.2, 0.25) is 0 Å². The van der Waals surface area contributed by atoms with Gasteiger partial charge in [0.1, 0.15) is 0 Å². The SMILES string of the molecule is CCC(CO)NC(=O)c1csc(I)c1. The Labute approximate surface area is 101 Å². The van der Waals surface area contributed by atoms with Gasteiger partial charge >= 0.3 is 0 Å². The first-order chi connectivity index (χ1) is 6.67. The number of carbonyl (C=O) groups is 1. The number of thiophene rings is 1. The second-order valence-corrected chi connectivity index (χ2v) is 5.71. The molecule has 0 aliphatic rings. The molecule has 1 rings (SSSR count). The van der Waals surface area contributed by atoms with Crippen molar-refractivity contribution in [2.75, 3.05) is 6.61 Å². The Kier molecular flexibility index (Phi) is 4.83. The molecule has 1 unspecified atom stereocenters. The lowest BCUT2D eigenvalue weighted by atomic mass is 10.2. The number of rotatable bonds is 4. The van der Waals surface area contributed by atoms with Crippen LogP contribution in [0, 0.1) is 2.88 Å². The molecule has 0 fully saturated rings. The Hall–Kier alpha value is -0.140. The summed E-state index contributed by atoms with van der Waals surface area (Å²) in [5.41, 5.74) is 0.673. The predicted molar refractivity (Wildman–Crippen MR) is 65.7 cm³/mol. The number of nitrogens with one attached hydrogen (secondary N) is 1. The lowest BCUT2D eigenvalue weighted by Crippen LogP contribution is -2.36. The van der Waals surface area contributed by atoms with Crippen LogP contribution in [-0.4, -0.2) is 23.7 Å². The highest BCUT2D eigenvalue weighted by molar-refractivity contribution is 14.1. The maximum absolute atomic E-state index is 11.6. The third-order valence-corrected chi connectivity index (χ3v) is 3.67. The molecular formula is C9H12INO2S. The number of hydrogen-bond acceptors (Lipinski definition) is 3. The number of hydrogen-bond donors (Lipinski definition) is 2. The standard InChI is InChI=1S/C9H12INO2S/c1-2-7(4-12)11-9(13)6-3-8(10)14-5-6/h3,5,7,12H,2,4H2,1H3,(H,11,13). The van der Waals surface area contributed by atoms with Crippen molar-refractivity contribution in [1.82, 2.24) is 5.32 Å². The van der Waals surface area contributed by atoms with Gasteiger partial charge < -0.3 is 10.4 Å². The second-order valence-electron chi connectivity index (χ2n) is 2.90. The number of amides is 1. The summed E-state index contributed by atoms with van der Waals surface area (Å²) in [7, 11) is 0. The van der Waals surface area contributed by atoms with Crippen LogP contribution in [0.5, 0.6) is 0 Å². The molecule has 0 aliphatic carbocycles. The number of carbonyl (C=O) groups excluding carboxylic acids is 1. The van der Waals surface area contributed by atoms with Crippen LogP contribution in [-0.2, 0) is 0 Å². The highest BCUT2D eigenvalue weighted by atomic mass is 127. The van der Waals surface area contributed by atoms with Gasteiger partial charge in [0.05, 0.1) is 21.1 Å². The molecule has 1 atom stereocenters. The summed E-state index contributed by atoms with van der Waals surface area (Å²) in [6, 6.07) is 1.70. The molecule has 0 radical (unpaired) electrons. The lowest BCUT2D eigenvalue weighted by Gasteiger charge is -2.12. The summed E-state index contributed by atoms with van der Waals surface area (Å²) in [6.07, 6.45) is 0.740. The minimum absolute atomic E-state index is 0.0104. The monoisotopic (exact) mass is 325 g/mol. The van der Waals surface area contributed by atoms with Crippen molar-refractivity contribution in [3.63, 3.8) is 0 Å². The molecule has 5 heteroatoms. The average molecular weight is 325 g/mol. The average Bonchev–Trinajstić information content (AvgIpc) is 2.61. The van der Waals surface area contributed by atoms with E-state index in [4.69, 9.17) is 5.11 Å². The number of aliphatic hydroxyl groups excluding tert-OH is 1. The van der Waals surface area contributed by atoms with Crippen LogP contribution in [0.3, 0.4) is 0 Å². The van der Waals surface area contributed by atoms with Crippen molar-refractivity contribution in [3.05, 3.63) is 19.9 Å². The molecule has 0 saturated carbocycles. The van der Waals surface area contributed by atoms with Crippen LogP contribution in [0.4, 0.5) is 0 Å². The molecule has 0 aliphatic heterocycles. The number of aliphatic hydroxyl groups is 1. The molecule has 0 spiro atoms. The zero-order valence-corrected chi connectivity index (χ0v) is 10.8. The van der Waals surface area contributed by atoms with Gasteiger partial charge in [0.15, 0.2) is 0 Å². The van der Waals surface area contributed by atoms with E-state index in [9.17, 15) is 4.79 Å². The van der Waals surface area contributed by atoms with Crippen LogP contribution >= 0.6 is 33.9 Å². The van der Waals surface area contributed by atoms with Gasteiger partial charge in [0, 0.05) is 5.38 Å². The molecule has 0 aromatic carbocycles. The van der Waals surface area contributed by atoms with E-state index >= 15 is 0 Å². The van der Waals surface area contributed by atoms with Gasteiger partial charge in [-0.2, -0.15) is 0 Å². The zero-order valence-electron chi connectivity index (χ0n) is 7.79. The largest absolute Gasteiger partial charge is 0.394 e. The molecule has 2 N–H and O–H groups in total. The van der Waals surface area contributed by atoms with Gasteiger partial charge in [-0.15, -0.1) is 11.3 Å². The van der Waals surface area contributed by atoms with Crippen molar-refractivity contribution < 1.29 is 9.90 Å². The van der Waals surface area contributed by atoms with Crippen molar-refractivity contribution in [2.45, 2.75) is 19.4 Å². The highest BCUT2D eigenvalue weighted by Crippen LogP contribution is 2.16. The first-order valence-electron chi connectivity index (χ1n) is 4.33. The molecule has 14 heavy (non-hydrogen) atoms. The minimum atomic E-state index is -0.139. The zero-order chi connectivity index (χ0) is 10.6. The normalized spacial score (nSPS) is 12.5. The third-order valence-electron chi connectivity index (χ3n) is 1.88. The molecule has 3 nitrogen and oxygen atoms in total. The van der Waals surface area contributed by atoms with E-state index in [1.54, 1.807) is 0 Å². The van der Waals surface area contributed by atoms with Gasteiger partial charge in [-0.1, -0.05) is 6.92 Å². The summed E-state index contributed by atoms with van der Waals surface area (Å²) in [5, 5.41) is 13.5.